The summed E-state index contributed by atoms with van der Waals surface area (Å²) in [6.07, 6.45) is 1.38. The molecule has 0 N–H and O–H groups in total. The van der Waals surface area contributed by atoms with E-state index >= 15 is 0 Å². The minimum atomic E-state index is -0.427. The lowest BCUT2D eigenvalue weighted by atomic mass is 10.2. The third-order valence-electron chi connectivity index (χ3n) is 2.60. The van der Waals surface area contributed by atoms with Gasteiger partial charge in [-0.25, -0.2) is 14.2 Å². The lowest BCUT2D eigenvalue weighted by Crippen LogP contribution is -2.04. The predicted octanol–water partition coefficient (Wildman–Crippen LogP) is 3.50. The average Bonchev–Trinajstić information content (AvgIpc) is 2.44. The van der Waals surface area contributed by atoms with Crippen molar-refractivity contribution in [1.82, 2.24) is 4.98 Å². The number of benzene rings is 1. The first-order chi connectivity index (χ1) is 9.60. The van der Waals surface area contributed by atoms with E-state index in [1.54, 1.807) is 32.0 Å². The largest absolute Gasteiger partial charge is 0.462 e. The molecular weight excluding hydrogens is 261 g/mol. The average molecular weight is 275 g/mol. The third-order valence-corrected chi connectivity index (χ3v) is 2.60. The number of nitrogens with zero attached hydrogens (tertiary/aromatic N) is 1. The Hall–Kier alpha value is -2.43. The second-order valence-electron chi connectivity index (χ2n) is 4.12. The standard InChI is InChI=1S/C15H14FNO3/c1-3-19-15(18)11-4-7-14(17-9-11)20-12-5-6-13(16)10(2)8-12/h4-9H,3H2,1-2H3. The molecule has 0 radical (unpaired) electrons. The lowest BCUT2D eigenvalue weighted by molar-refractivity contribution is 0.0526. The van der Waals surface area contributed by atoms with Gasteiger partial charge in [-0.1, -0.05) is 0 Å². The molecule has 1 aromatic heterocycles. The summed E-state index contributed by atoms with van der Waals surface area (Å²) in [7, 11) is 0. The van der Waals surface area contributed by atoms with Gasteiger partial charge in [0.05, 0.1) is 12.2 Å². The number of hydrogen-bond donors (Lipinski definition) is 0. The van der Waals surface area contributed by atoms with E-state index in [1.165, 1.54) is 18.3 Å². The summed E-state index contributed by atoms with van der Waals surface area (Å²) in [6, 6.07) is 7.55. The van der Waals surface area contributed by atoms with Gasteiger partial charge in [0, 0.05) is 12.3 Å². The number of rotatable bonds is 4. The SMILES string of the molecule is CCOC(=O)c1ccc(Oc2ccc(F)c(C)c2)nc1. The molecule has 4 nitrogen and oxygen atoms in total. The Bertz CT molecular complexity index is 611. The van der Waals surface area contributed by atoms with Gasteiger partial charge in [-0.15, -0.1) is 0 Å². The number of ether oxygens (including phenoxy) is 2. The molecule has 0 amide bonds. The van der Waals surface area contributed by atoms with E-state index in [4.69, 9.17) is 9.47 Å². The maximum Gasteiger partial charge on any atom is 0.339 e. The Balaban J connectivity index is 2.10. The van der Waals surface area contributed by atoms with Crippen LogP contribution in [-0.4, -0.2) is 17.6 Å². The van der Waals surface area contributed by atoms with Crippen LogP contribution in [-0.2, 0) is 4.74 Å². The third kappa shape index (κ3) is 3.32. The number of pyridine rings is 1. The van der Waals surface area contributed by atoms with Crippen molar-refractivity contribution in [2.45, 2.75) is 13.8 Å². The molecule has 2 aromatic rings. The Labute approximate surface area is 116 Å². The first kappa shape index (κ1) is 14.0. The fourth-order valence-corrected chi connectivity index (χ4v) is 1.58. The molecule has 20 heavy (non-hydrogen) atoms. The van der Waals surface area contributed by atoms with Crippen LogP contribution in [0.4, 0.5) is 4.39 Å². The zero-order valence-corrected chi connectivity index (χ0v) is 11.2. The number of carbonyl (C=O) groups is 1. The van der Waals surface area contributed by atoms with Crippen molar-refractivity contribution >= 4 is 5.97 Å². The molecule has 0 aliphatic heterocycles. The Morgan fingerprint density at radius 2 is 2.10 bits per heavy atom. The van der Waals surface area contributed by atoms with Crippen LogP contribution in [0.1, 0.15) is 22.8 Å². The Kier molecular flexibility index (Phi) is 4.30. The molecule has 1 heterocycles. The van der Waals surface area contributed by atoms with Gasteiger partial charge in [0.2, 0.25) is 5.88 Å². The molecule has 0 fully saturated rings. The van der Waals surface area contributed by atoms with Crippen LogP contribution >= 0.6 is 0 Å². The minimum Gasteiger partial charge on any atom is -0.462 e. The molecule has 0 spiro atoms. The molecule has 0 saturated heterocycles. The zero-order chi connectivity index (χ0) is 14.5. The highest BCUT2D eigenvalue weighted by Crippen LogP contribution is 2.22. The van der Waals surface area contributed by atoms with Crippen LogP contribution in [0.25, 0.3) is 0 Å². The van der Waals surface area contributed by atoms with Crippen LogP contribution in [0.15, 0.2) is 36.5 Å². The molecule has 0 atom stereocenters. The van der Waals surface area contributed by atoms with Crippen LogP contribution in [0.3, 0.4) is 0 Å². The summed E-state index contributed by atoms with van der Waals surface area (Å²) in [5, 5.41) is 0. The van der Waals surface area contributed by atoms with Crippen LogP contribution < -0.4 is 4.74 Å². The van der Waals surface area contributed by atoms with Crippen LogP contribution in [0, 0.1) is 12.7 Å². The molecule has 0 aliphatic carbocycles. The van der Waals surface area contributed by atoms with Gasteiger partial charge in [0.15, 0.2) is 0 Å². The first-order valence-corrected chi connectivity index (χ1v) is 6.17. The quantitative estimate of drug-likeness (QED) is 0.801. The zero-order valence-electron chi connectivity index (χ0n) is 11.2. The van der Waals surface area contributed by atoms with Crippen molar-refractivity contribution in [3.05, 3.63) is 53.5 Å². The van der Waals surface area contributed by atoms with Crippen molar-refractivity contribution in [2.24, 2.45) is 0 Å². The number of hydrogen-bond acceptors (Lipinski definition) is 4. The summed E-state index contributed by atoms with van der Waals surface area (Å²) in [4.78, 5) is 15.5. The summed E-state index contributed by atoms with van der Waals surface area (Å²) in [5.41, 5.74) is 0.847. The fraction of sp³-hybridized carbons (Fsp3) is 0.200. The number of aryl methyl sites for hydroxylation is 1. The van der Waals surface area contributed by atoms with E-state index in [0.717, 1.165) is 0 Å². The molecule has 0 unspecified atom stereocenters. The van der Waals surface area contributed by atoms with Gasteiger partial charge >= 0.3 is 5.97 Å². The smallest absolute Gasteiger partial charge is 0.339 e. The Morgan fingerprint density at radius 3 is 2.70 bits per heavy atom. The van der Waals surface area contributed by atoms with Crippen LogP contribution in [0.2, 0.25) is 0 Å². The molecule has 1 aromatic carbocycles. The second kappa shape index (κ2) is 6.14. The Morgan fingerprint density at radius 1 is 1.30 bits per heavy atom. The summed E-state index contributed by atoms with van der Waals surface area (Å²) < 4.78 is 23.5. The van der Waals surface area contributed by atoms with Crippen molar-refractivity contribution in [2.75, 3.05) is 6.61 Å². The van der Waals surface area contributed by atoms with Gasteiger partial charge in [-0.05, 0) is 43.7 Å². The fourth-order valence-electron chi connectivity index (χ4n) is 1.58. The van der Waals surface area contributed by atoms with Gasteiger partial charge in [0.1, 0.15) is 11.6 Å². The normalized spacial score (nSPS) is 10.2. The van der Waals surface area contributed by atoms with Gasteiger partial charge in [-0.2, -0.15) is 0 Å². The highest BCUT2D eigenvalue weighted by molar-refractivity contribution is 5.89. The van der Waals surface area contributed by atoms with E-state index in [-0.39, 0.29) is 5.82 Å². The lowest BCUT2D eigenvalue weighted by Gasteiger charge is -2.06. The van der Waals surface area contributed by atoms with E-state index < -0.39 is 5.97 Å². The molecular formula is C15H14FNO3. The summed E-state index contributed by atoms with van der Waals surface area (Å²) in [5.74, 6) is 0.0940. The number of esters is 1. The topological polar surface area (TPSA) is 48.4 Å². The predicted molar refractivity (Wildman–Crippen MR) is 71.4 cm³/mol. The number of aromatic nitrogens is 1. The van der Waals surface area contributed by atoms with Crippen molar-refractivity contribution < 1.29 is 18.7 Å². The van der Waals surface area contributed by atoms with E-state index in [1.807, 2.05) is 0 Å². The van der Waals surface area contributed by atoms with Crippen molar-refractivity contribution in [3.63, 3.8) is 0 Å². The molecule has 104 valence electrons. The van der Waals surface area contributed by atoms with Crippen molar-refractivity contribution in [1.29, 1.82) is 0 Å². The van der Waals surface area contributed by atoms with Crippen LogP contribution in [0.5, 0.6) is 11.6 Å². The van der Waals surface area contributed by atoms with E-state index in [9.17, 15) is 9.18 Å². The molecule has 0 saturated carbocycles. The molecule has 5 heteroatoms. The minimum absolute atomic E-state index is 0.289. The maximum absolute atomic E-state index is 13.1. The van der Waals surface area contributed by atoms with E-state index in [2.05, 4.69) is 4.98 Å². The van der Waals surface area contributed by atoms with Gasteiger partial charge in [-0.3, -0.25) is 0 Å². The highest BCUT2D eigenvalue weighted by Gasteiger charge is 2.08. The molecule has 2 rings (SSSR count). The molecule has 0 aliphatic rings. The van der Waals surface area contributed by atoms with E-state index in [0.29, 0.717) is 29.4 Å². The summed E-state index contributed by atoms with van der Waals surface area (Å²) in [6.45, 7) is 3.70. The van der Waals surface area contributed by atoms with Crippen molar-refractivity contribution in [3.8, 4) is 11.6 Å². The summed E-state index contributed by atoms with van der Waals surface area (Å²) >= 11 is 0. The number of halogens is 1. The van der Waals surface area contributed by atoms with Gasteiger partial charge < -0.3 is 9.47 Å². The monoisotopic (exact) mass is 275 g/mol. The second-order valence-corrected chi connectivity index (χ2v) is 4.12. The van der Waals surface area contributed by atoms with Gasteiger partial charge in [0.25, 0.3) is 0 Å². The number of carbonyl (C=O) groups excluding carboxylic acids is 1. The first-order valence-electron chi connectivity index (χ1n) is 6.17. The highest BCUT2D eigenvalue weighted by atomic mass is 19.1. The maximum atomic E-state index is 13.1. The molecule has 0 bridgehead atoms.